The number of fused-ring (bicyclic) bond motifs is 1. The first-order valence-corrected chi connectivity index (χ1v) is 18.9. The van der Waals surface area contributed by atoms with Crippen molar-refractivity contribution in [1.82, 2.24) is 0 Å². The second kappa shape index (κ2) is 14.9. The van der Waals surface area contributed by atoms with Gasteiger partial charge in [0.2, 0.25) is 0 Å². The summed E-state index contributed by atoms with van der Waals surface area (Å²) < 4.78 is 8.81. The van der Waals surface area contributed by atoms with Crippen LogP contribution in [0.2, 0.25) is 5.04 Å². The molecule has 5 nitrogen and oxygen atoms in total. The molecule has 0 bridgehead atoms. The lowest BCUT2D eigenvalue weighted by Crippen LogP contribution is -2.66. The molecule has 7 heteroatoms. The molecule has 4 aromatic rings. The van der Waals surface area contributed by atoms with Crippen LogP contribution in [0.5, 0.6) is 0 Å². The van der Waals surface area contributed by atoms with Crippen LogP contribution in [-0.4, -0.2) is 36.4 Å². The summed E-state index contributed by atoms with van der Waals surface area (Å²) in [7, 11) is -2.94. The maximum absolute atomic E-state index is 13.0. The molecule has 1 aromatic heterocycles. The number of unbranched alkanes of at least 4 members (excludes halogenated alkanes) is 1. The lowest BCUT2D eigenvalue weighted by Gasteiger charge is -2.44. The fraction of sp³-hybridized carbons (Fsp3) is 0.333. The van der Waals surface area contributed by atoms with E-state index in [2.05, 4.69) is 99.6 Å². The number of carbonyl (C=O) groups excluding carboxylic acids is 1. The average Bonchev–Trinajstić information content (AvgIpc) is 3.58. The Balaban J connectivity index is 1.54. The summed E-state index contributed by atoms with van der Waals surface area (Å²) in [6.45, 7) is 6.80. The van der Waals surface area contributed by atoms with Gasteiger partial charge in [-0.3, -0.25) is 9.59 Å². The number of aliphatic carboxylic acids is 1. The number of thiophene rings is 1. The molecule has 0 aliphatic heterocycles. The minimum Gasteiger partial charge on any atom is -0.481 e. The van der Waals surface area contributed by atoms with Gasteiger partial charge in [0, 0.05) is 34.3 Å². The molecule has 5 rings (SSSR count). The number of ketones is 1. The molecule has 0 unspecified atom stereocenters. The SMILES string of the molecule is CC(C)(C)[Si](O[C@H](C=C[C@H]1[C@H](O)CC(=O)[C@@H]1CC=CCCCC(=O)O)c1cc2ccccc2s1)(c1ccccc1)c1ccccc1. The van der Waals surface area contributed by atoms with Gasteiger partial charge < -0.3 is 14.6 Å². The fourth-order valence-electron chi connectivity index (χ4n) is 6.70. The van der Waals surface area contributed by atoms with Crippen molar-refractivity contribution in [3.05, 3.63) is 120 Å². The second-order valence-corrected chi connectivity index (χ2v) is 18.6. The largest absolute Gasteiger partial charge is 0.481 e. The molecule has 1 aliphatic carbocycles. The van der Waals surface area contributed by atoms with Gasteiger partial charge in [-0.25, -0.2) is 0 Å². The zero-order chi connectivity index (χ0) is 32.7. The van der Waals surface area contributed by atoms with E-state index in [1.807, 2.05) is 36.4 Å². The van der Waals surface area contributed by atoms with Gasteiger partial charge in [-0.1, -0.05) is 124 Å². The highest BCUT2D eigenvalue weighted by Gasteiger charge is 2.51. The van der Waals surface area contributed by atoms with Gasteiger partial charge in [-0.05, 0) is 52.2 Å². The number of carbonyl (C=O) groups is 2. The zero-order valence-electron chi connectivity index (χ0n) is 26.8. The minimum absolute atomic E-state index is 0.0589. The van der Waals surface area contributed by atoms with Gasteiger partial charge in [0.05, 0.1) is 12.2 Å². The van der Waals surface area contributed by atoms with Crippen LogP contribution in [0.15, 0.2) is 115 Å². The summed E-state index contributed by atoms with van der Waals surface area (Å²) in [4.78, 5) is 25.0. The Morgan fingerprint density at radius 3 is 2.22 bits per heavy atom. The number of hydrogen-bond donors (Lipinski definition) is 2. The Hall–Kier alpha value is -3.62. The highest BCUT2D eigenvalue weighted by molar-refractivity contribution is 7.19. The molecule has 1 aliphatic rings. The van der Waals surface area contributed by atoms with Crippen LogP contribution >= 0.6 is 11.3 Å². The number of aliphatic hydroxyl groups is 1. The summed E-state index contributed by atoms with van der Waals surface area (Å²) in [6.07, 6.45) is 8.84. The molecule has 1 fully saturated rings. The van der Waals surface area contributed by atoms with Gasteiger partial charge in [-0.15, -0.1) is 11.3 Å². The van der Waals surface area contributed by atoms with Gasteiger partial charge in [-0.2, -0.15) is 0 Å². The van der Waals surface area contributed by atoms with Crippen LogP contribution in [0.25, 0.3) is 10.1 Å². The van der Waals surface area contributed by atoms with E-state index in [-0.39, 0.29) is 35.5 Å². The summed E-state index contributed by atoms with van der Waals surface area (Å²) in [5, 5.41) is 23.3. The molecule has 0 amide bonds. The lowest BCUT2D eigenvalue weighted by atomic mass is 9.90. The van der Waals surface area contributed by atoms with Gasteiger partial charge in [0.1, 0.15) is 5.78 Å². The molecule has 0 radical (unpaired) electrons. The van der Waals surface area contributed by atoms with E-state index in [1.165, 1.54) is 15.1 Å². The predicted octanol–water partition coefficient (Wildman–Crippen LogP) is 7.84. The smallest absolute Gasteiger partial charge is 0.303 e. The fourth-order valence-corrected chi connectivity index (χ4v) is 12.5. The van der Waals surface area contributed by atoms with Crippen molar-refractivity contribution >= 4 is 51.9 Å². The van der Waals surface area contributed by atoms with E-state index >= 15 is 0 Å². The lowest BCUT2D eigenvalue weighted by molar-refractivity contribution is -0.137. The van der Waals surface area contributed by atoms with Crippen molar-refractivity contribution in [3.8, 4) is 0 Å². The van der Waals surface area contributed by atoms with E-state index in [0.29, 0.717) is 19.3 Å². The van der Waals surface area contributed by atoms with E-state index in [4.69, 9.17) is 9.53 Å². The van der Waals surface area contributed by atoms with Crippen molar-refractivity contribution in [1.29, 1.82) is 0 Å². The Bertz CT molecular complexity index is 1600. The Morgan fingerprint density at radius 2 is 1.61 bits per heavy atom. The first kappa shape index (κ1) is 33.7. The van der Waals surface area contributed by atoms with Crippen molar-refractivity contribution in [2.24, 2.45) is 11.8 Å². The number of Topliss-reactive ketones (excluding diaryl/α,β-unsaturated/α-hetero) is 1. The molecule has 240 valence electrons. The number of benzene rings is 3. The first-order valence-electron chi connectivity index (χ1n) is 16.1. The van der Waals surface area contributed by atoms with Gasteiger partial charge in [0.25, 0.3) is 8.32 Å². The topological polar surface area (TPSA) is 83.8 Å². The molecule has 1 heterocycles. The Morgan fingerprint density at radius 1 is 0.978 bits per heavy atom. The van der Waals surface area contributed by atoms with Crippen LogP contribution < -0.4 is 10.4 Å². The Labute approximate surface area is 277 Å². The van der Waals surface area contributed by atoms with E-state index in [0.717, 1.165) is 10.3 Å². The summed E-state index contributed by atoms with van der Waals surface area (Å²) >= 11 is 1.72. The number of rotatable bonds is 13. The zero-order valence-corrected chi connectivity index (χ0v) is 28.7. The second-order valence-electron chi connectivity index (χ2n) is 13.2. The number of carboxylic acids is 1. The van der Waals surface area contributed by atoms with Crippen LogP contribution in [-0.2, 0) is 14.0 Å². The van der Waals surface area contributed by atoms with Crippen LogP contribution in [0.4, 0.5) is 0 Å². The molecule has 3 aromatic carbocycles. The number of hydrogen-bond acceptors (Lipinski definition) is 5. The first-order chi connectivity index (χ1) is 22.1. The van der Waals surface area contributed by atoms with E-state index in [9.17, 15) is 14.7 Å². The minimum atomic E-state index is -2.94. The molecule has 4 atom stereocenters. The van der Waals surface area contributed by atoms with Crippen molar-refractivity contribution in [3.63, 3.8) is 0 Å². The van der Waals surface area contributed by atoms with Crippen LogP contribution in [0.1, 0.15) is 63.9 Å². The molecule has 0 saturated heterocycles. The van der Waals surface area contributed by atoms with Crippen LogP contribution in [0.3, 0.4) is 0 Å². The summed E-state index contributed by atoms with van der Waals surface area (Å²) in [6, 6.07) is 31.7. The molecule has 1 saturated carbocycles. The summed E-state index contributed by atoms with van der Waals surface area (Å²) in [5.41, 5.74) is 0. The van der Waals surface area contributed by atoms with Crippen molar-refractivity contribution in [2.45, 2.75) is 70.1 Å². The maximum Gasteiger partial charge on any atom is 0.303 e. The van der Waals surface area contributed by atoms with Crippen LogP contribution in [0, 0.1) is 11.8 Å². The molecular formula is C39H44O5SSi. The van der Waals surface area contributed by atoms with Crippen molar-refractivity contribution in [2.75, 3.05) is 0 Å². The quantitative estimate of drug-likeness (QED) is 0.0874. The molecule has 2 N–H and O–H groups in total. The average molecular weight is 653 g/mol. The Kier molecular flexibility index (Phi) is 10.9. The number of aliphatic hydroxyl groups excluding tert-OH is 1. The normalized spacial score (nSPS) is 19.8. The third-order valence-electron chi connectivity index (χ3n) is 9.00. The highest BCUT2D eigenvalue weighted by atomic mass is 32.1. The summed E-state index contributed by atoms with van der Waals surface area (Å²) in [5.74, 6) is -1.42. The maximum atomic E-state index is 13.0. The molecular weight excluding hydrogens is 609 g/mol. The van der Waals surface area contributed by atoms with Gasteiger partial charge in [0.15, 0.2) is 0 Å². The van der Waals surface area contributed by atoms with E-state index < -0.39 is 26.5 Å². The predicted molar refractivity (Wildman–Crippen MR) is 190 cm³/mol. The molecule has 46 heavy (non-hydrogen) atoms. The van der Waals surface area contributed by atoms with Crippen molar-refractivity contribution < 1.29 is 24.2 Å². The van der Waals surface area contributed by atoms with E-state index in [1.54, 1.807) is 11.3 Å². The standard InChI is InChI=1S/C39H44O5SSi/c1-39(2,3)46(29-17-8-6-9-18-29,30-19-10-7-11-20-30)44-35(37-26-28-16-14-15-22-36(28)45-37)25-24-32-31(33(40)27-34(32)41)21-12-4-5-13-23-38(42)43/h4,6-12,14-20,22,24-26,31-32,34-35,41H,5,13,21,23,27H2,1-3H3,(H,42,43)/t31-,32-,34-,35-/m1/s1. The number of carboxylic acid groups (broad SMARTS) is 1. The van der Waals surface area contributed by atoms with Gasteiger partial charge >= 0.3 is 5.97 Å². The molecule has 0 spiro atoms. The third-order valence-corrected chi connectivity index (χ3v) is 15.2. The number of allylic oxidation sites excluding steroid dienone is 2. The third kappa shape index (κ3) is 7.50. The monoisotopic (exact) mass is 652 g/mol. The highest BCUT2D eigenvalue weighted by Crippen LogP contribution is 2.43.